The summed E-state index contributed by atoms with van der Waals surface area (Å²) in [7, 11) is 0. The van der Waals surface area contributed by atoms with Gasteiger partial charge in [-0.1, -0.05) is 0 Å². The SMILES string of the molecule is CC(=CC1OCCO1)C[N+](=O)[O-]. The number of hydrogen-bond donors (Lipinski definition) is 0. The third-order valence-corrected chi connectivity index (χ3v) is 1.45. The van der Waals surface area contributed by atoms with Crippen molar-refractivity contribution in [2.75, 3.05) is 19.8 Å². The van der Waals surface area contributed by atoms with Crippen LogP contribution >= 0.6 is 0 Å². The summed E-state index contributed by atoms with van der Waals surface area (Å²) >= 11 is 0. The van der Waals surface area contributed by atoms with Crippen molar-refractivity contribution in [1.82, 2.24) is 0 Å². The molecule has 5 nitrogen and oxygen atoms in total. The molecule has 0 atom stereocenters. The van der Waals surface area contributed by atoms with E-state index in [1.165, 1.54) is 0 Å². The van der Waals surface area contributed by atoms with Crippen LogP contribution in [0.15, 0.2) is 11.6 Å². The van der Waals surface area contributed by atoms with E-state index in [-0.39, 0.29) is 17.8 Å². The average Bonchev–Trinajstić information content (AvgIpc) is 2.37. The monoisotopic (exact) mass is 173 g/mol. The minimum absolute atomic E-state index is 0.150. The van der Waals surface area contributed by atoms with Gasteiger partial charge in [-0.25, -0.2) is 0 Å². The number of nitrogens with zero attached hydrogens (tertiary/aromatic N) is 1. The fraction of sp³-hybridized carbons (Fsp3) is 0.714. The Morgan fingerprint density at radius 2 is 2.25 bits per heavy atom. The van der Waals surface area contributed by atoms with Crippen LogP contribution in [0.1, 0.15) is 6.92 Å². The molecule has 0 bridgehead atoms. The lowest BCUT2D eigenvalue weighted by Crippen LogP contribution is -2.08. The summed E-state index contributed by atoms with van der Waals surface area (Å²) in [5.41, 5.74) is 0.659. The lowest BCUT2D eigenvalue weighted by molar-refractivity contribution is -0.470. The molecule has 1 heterocycles. The Hall–Kier alpha value is -0.940. The van der Waals surface area contributed by atoms with Gasteiger partial charge in [-0.2, -0.15) is 0 Å². The molecule has 0 aromatic rings. The van der Waals surface area contributed by atoms with Crippen molar-refractivity contribution in [3.8, 4) is 0 Å². The van der Waals surface area contributed by atoms with Crippen LogP contribution in [0.5, 0.6) is 0 Å². The van der Waals surface area contributed by atoms with Crippen molar-refractivity contribution >= 4 is 0 Å². The molecule has 0 amide bonds. The molecule has 0 unspecified atom stereocenters. The summed E-state index contributed by atoms with van der Waals surface area (Å²) in [6.07, 6.45) is 1.25. The summed E-state index contributed by atoms with van der Waals surface area (Å²) in [5.74, 6) is 0. The molecule has 68 valence electrons. The van der Waals surface area contributed by atoms with E-state index in [0.717, 1.165) is 0 Å². The van der Waals surface area contributed by atoms with Gasteiger partial charge in [0.1, 0.15) is 0 Å². The maximum absolute atomic E-state index is 10.1. The minimum atomic E-state index is -0.384. The molecule has 12 heavy (non-hydrogen) atoms. The Morgan fingerprint density at radius 3 is 2.75 bits per heavy atom. The smallest absolute Gasteiger partial charge is 0.224 e. The second-order valence-electron chi connectivity index (χ2n) is 2.61. The first-order valence-corrected chi connectivity index (χ1v) is 3.71. The van der Waals surface area contributed by atoms with Crippen molar-refractivity contribution in [1.29, 1.82) is 0 Å². The highest BCUT2D eigenvalue weighted by atomic mass is 16.7. The van der Waals surface area contributed by atoms with Gasteiger partial charge in [0, 0.05) is 4.92 Å². The molecule has 1 aliphatic rings. The second-order valence-corrected chi connectivity index (χ2v) is 2.61. The first-order chi connectivity index (χ1) is 5.68. The van der Waals surface area contributed by atoms with Gasteiger partial charge in [0.2, 0.25) is 6.54 Å². The molecule has 5 heteroatoms. The molecule has 0 aliphatic carbocycles. The molecule has 1 fully saturated rings. The van der Waals surface area contributed by atoms with E-state index in [2.05, 4.69) is 0 Å². The third kappa shape index (κ3) is 2.98. The van der Waals surface area contributed by atoms with Crippen LogP contribution in [0.3, 0.4) is 0 Å². The largest absolute Gasteiger partial charge is 0.347 e. The summed E-state index contributed by atoms with van der Waals surface area (Å²) < 4.78 is 10.2. The molecule has 0 aromatic carbocycles. The molecule has 0 saturated carbocycles. The van der Waals surface area contributed by atoms with Crippen molar-refractivity contribution in [3.63, 3.8) is 0 Å². The van der Waals surface area contributed by atoms with Crippen molar-refractivity contribution in [2.24, 2.45) is 0 Å². The minimum Gasteiger partial charge on any atom is -0.347 e. The van der Waals surface area contributed by atoms with E-state index < -0.39 is 0 Å². The molecule has 0 radical (unpaired) electrons. The summed E-state index contributed by atoms with van der Waals surface area (Å²) in [5, 5.41) is 10.1. The number of nitro groups is 1. The summed E-state index contributed by atoms with van der Waals surface area (Å²) in [6, 6.07) is 0. The first-order valence-electron chi connectivity index (χ1n) is 3.71. The fourth-order valence-corrected chi connectivity index (χ4v) is 0.962. The van der Waals surface area contributed by atoms with E-state index in [1.807, 2.05) is 0 Å². The molecular formula is C7H11NO4. The van der Waals surface area contributed by atoms with Crippen LogP contribution in [0.25, 0.3) is 0 Å². The van der Waals surface area contributed by atoms with Gasteiger partial charge in [0.25, 0.3) is 0 Å². The highest BCUT2D eigenvalue weighted by Gasteiger charge is 2.13. The van der Waals surface area contributed by atoms with Crippen LogP contribution in [0.2, 0.25) is 0 Å². The maximum Gasteiger partial charge on any atom is 0.224 e. The highest BCUT2D eigenvalue weighted by molar-refractivity contribution is 5.00. The lowest BCUT2D eigenvalue weighted by atomic mass is 10.3. The van der Waals surface area contributed by atoms with Gasteiger partial charge in [-0.05, 0) is 18.6 Å². The van der Waals surface area contributed by atoms with Gasteiger partial charge in [-0.3, -0.25) is 10.1 Å². The van der Waals surface area contributed by atoms with Gasteiger partial charge in [-0.15, -0.1) is 0 Å². The highest BCUT2D eigenvalue weighted by Crippen LogP contribution is 2.07. The standard InChI is InChI=1S/C7H11NO4/c1-6(5-8(9)10)4-7-11-2-3-12-7/h4,7H,2-3,5H2,1H3. The molecule has 0 aromatic heterocycles. The van der Waals surface area contributed by atoms with E-state index in [9.17, 15) is 10.1 Å². The van der Waals surface area contributed by atoms with E-state index >= 15 is 0 Å². The zero-order chi connectivity index (χ0) is 8.97. The Morgan fingerprint density at radius 1 is 1.67 bits per heavy atom. The van der Waals surface area contributed by atoms with Crippen LogP contribution in [0, 0.1) is 10.1 Å². The van der Waals surface area contributed by atoms with Gasteiger partial charge >= 0.3 is 0 Å². The van der Waals surface area contributed by atoms with Gasteiger partial charge in [0.15, 0.2) is 6.29 Å². The Kier molecular flexibility index (Phi) is 3.19. The van der Waals surface area contributed by atoms with Crippen LogP contribution in [-0.2, 0) is 9.47 Å². The van der Waals surface area contributed by atoms with Gasteiger partial charge in [0.05, 0.1) is 13.2 Å². The van der Waals surface area contributed by atoms with E-state index in [4.69, 9.17) is 9.47 Å². The van der Waals surface area contributed by atoms with Crippen LogP contribution in [0.4, 0.5) is 0 Å². The van der Waals surface area contributed by atoms with Crippen molar-refractivity contribution in [3.05, 3.63) is 21.8 Å². The van der Waals surface area contributed by atoms with E-state index in [1.54, 1.807) is 13.0 Å². The molecular weight excluding hydrogens is 162 g/mol. The van der Waals surface area contributed by atoms with Crippen molar-refractivity contribution < 1.29 is 14.4 Å². The van der Waals surface area contributed by atoms with E-state index in [0.29, 0.717) is 18.8 Å². The first kappa shape index (κ1) is 9.15. The molecule has 0 spiro atoms. The molecule has 1 aliphatic heterocycles. The van der Waals surface area contributed by atoms with Crippen LogP contribution < -0.4 is 0 Å². The second kappa shape index (κ2) is 4.18. The van der Waals surface area contributed by atoms with Crippen molar-refractivity contribution in [2.45, 2.75) is 13.2 Å². The zero-order valence-electron chi connectivity index (χ0n) is 6.86. The van der Waals surface area contributed by atoms with Gasteiger partial charge < -0.3 is 9.47 Å². The topological polar surface area (TPSA) is 61.6 Å². The molecule has 1 saturated heterocycles. The zero-order valence-corrected chi connectivity index (χ0v) is 6.86. The number of rotatable bonds is 3. The Bertz CT molecular complexity index is 196. The molecule has 1 rings (SSSR count). The summed E-state index contributed by atoms with van der Waals surface area (Å²) in [4.78, 5) is 9.69. The maximum atomic E-state index is 10.1. The normalized spacial score (nSPS) is 19.9. The quantitative estimate of drug-likeness (QED) is 0.356. The average molecular weight is 173 g/mol. The van der Waals surface area contributed by atoms with Crippen LogP contribution in [-0.4, -0.2) is 31.0 Å². The Balaban J connectivity index is 2.38. The predicted octanol–water partition coefficient (Wildman–Crippen LogP) is 0.582. The lowest BCUT2D eigenvalue weighted by Gasteiger charge is -2.02. The number of hydrogen-bond acceptors (Lipinski definition) is 4. The fourth-order valence-electron chi connectivity index (χ4n) is 0.962. The third-order valence-electron chi connectivity index (χ3n) is 1.45. The Labute approximate surface area is 70.1 Å². The molecule has 0 N–H and O–H groups in total. The number of ether oxygens (including phenoxy) is 2. The predicted molar refractivity (Wildman–Crippen MR) is 41.3 cm³/mol. The summed E-state index contributed by atoms with van der Waals surface area (Å²) in [6.45, 7) is 2.66.